The van der Waals surface area contributed by atoms with Gasteiger partial charge in [-0.25, -0.2) is 4.39 Å². The van der Waals surface area contributed by atoms with E-state index in [9.17, 15) is 9.18 Å². The van der Waals surface area contributed by atoms with Crippen LogP contribution >= 0.6 is 11.6 Å². The normalized spacial score (nSPS) is 19.7. The van der Waals surface area contributed by atoms with E-state index in [1.54, 1.807) is 24.3 Å². The maximum atomic E-state index is 12.8. The molecule has 1 heterocycles. The van der Waals surface area contributed by atoms with Crippen molar-refractivity contribution in [2.24, 2.45) is 16.6 Å². The van der Waals surface area contributed by atoms with Gasteiger partial charge in [-0.1, -0.05) is 23.7 Å². The topological polar surface area (TPSA) is 91.3 Å². The molecule has 0 saturated heterocycles. The smallest absolute Gasteiger partial charge is 0.232 e. The molecule has 1 amide bonds. The molecule has 0 aromatic heterocycles. The highest BCUT2D eigenvalue weighted by Gasteiger charge is 2.30. The first-order valence-corrected chi connectivity index (χ1v) is 6.87. The molecule has 112 valence electrons. The lowest BCUT2D eigenvalue weighted by molar-refractivity contribution is -0.118. The molecule has 0 spiro atoms. The Bertz CT molecular complexity index is 590. The van der Waals surface area contributed by atoms with E-state index in [4.69, 9.17) is 22.7 Å². The molecule has 2 rings (SSSR count). The molecule has 1 aliphatic rings. The molecule has 21 heavy (non-hydrogen) atoms. The molecule has 4 N–H and O–H groups in total. The zero-order chi connectivity index (χ0) is 15.4. The molecule has 0 bridgehead atoms. The van der Waals surface area contributed by atoms with Crippen molar-refractivity contribution >= 4 is 28.9 Å². The standard InChI is InChI=1S/C14H16ClFN4O/c15-9-3-1-2-8(4-9)13(17)12(14(18)21)11-7-19-6-10(5-16)20-11/h1-4,10,12,17,19H,5-7H2,(H2,18,21). The summed E-state index contributed by atoms with van der Waals surface area (Å²) < 4.78 is 12.8. The van der Waals surface area contributed by atoms with Gasteiger partial charge in [0.25, 0.3) is 0 Å². The van der Waals surface area contributed by atoms with Gasteiger partial charge in [0.05, 0.1) is 11.8 Å². The first kappa shape index (κ1) is 15.6. The highest BCUT2D eigenvalue weighted by Crippen LogP contribution is 2.17. The van der Waals surface area contributed by atoms with Crippen molar-refractivity contribution in [2.75, 3.05) is 19.8 Å². The maximum absolute atomic E-state index is 12.8. The number of rotatable bonds is 5. The molecule has 0 radical (unpaired) electrons. The Balaban J connectivity index is 2.33. The molecule has 0 aliphatic carbocycles. The Labute approximate surface area is 126 Å². The van der Waals surface area contributed by atoms with E-state index in [0.717, 1.165) is 0 Å². The second-order valence-corrected chi connectivity index (χ2v) is 5.26. The summed E-state index contributed by atoms with van der Waals surface area (Å²) in [4.78, 5) is 15.9. The van der Waals surface area contributed by atoms with Gasteiger partial charge in [-0.15, -0.1) is 0 Å². The summed E-state index contributed by atoms with van der Waals surface area (Å²) in [5, 5.41) is 11.7. The number of nitrogens with zero attached hydrogens (tertiary/aromatic N) is 1. The summed E-state index contributed by atoms with van der Waals surface area (Å²) in [6.07, 6.45) is 0. The summed E-state index contributed by atoms with van der Waals surface area (Å²) in [6, 6.07) is 6.09. The van der Waals surface area contributed by atoms with Crippen molar-refractivity contribution in [1.29, 1.82) is 5.41 Å². The number of carbonyl (C=O) groups excluding carboxylic acids is 1. The molecule has 1 aromatic carbocycles. The van der Waals surface area contributed by atoms with E-state index >= 15 is 0 Å². The number of primary amides is 1. The van der Waals surface area contributed by atoms with Gasteiger partial charge in [-0.3, -0.25) is 9.79 Å². The van der Waals surface area contributed by atoms with E-state index in [2.05, 4.69) is 10.3 Å². The number of hydrogen-bond donors (Lipinski definition) is 3. The van der Waals surface area contributed by atoms with Crippen LogP contribution in [0.1, 0.15) is 5.56 Å². The number of alkyl halides is 1. The van der Waals surface area contributed by atoms with Crippen LogP contribution < -0.4 is 11.1 Å². The van der Waals surface area contributed by atoms with Crippen molar-refractivity contribution in [2.45, 2.75) is 6.04 Å². The van der Waals surface area contributed by atoms with Crippen LogP contribution in [0.15, 0.2) is 29.3 Å². The van der Waals surface area contributed by atoms with Gasteiger partial charge in [-0.05, 0) is 17.7 Å². The molecule has 2 atom stereocenters. The van der Waals surface area contributed by atoms with Crippen molar-refractivity contribution in [3.63, 3.8) is 0 Å². The van der Waals surface area contributed by atoms with Crippen molar-refractivity contribution in [3.05, 3.63) is 34.9 Å². The number of benzene rings is 1. The summed E-state index contributed by atoms with van der Waals surface area (Å²) in [5.74, 6) is -1.66. The minimum atomic E-state index is -0.981. The van der Waals surface area contributed by atoms with Gasteiger partial charge in [0, 0.05) is 23.8 Å². The monoisotopic (exact) mass is 310 g/mol. The van der Waals surface area contributed by atoms with Crippen molar-refractivity contribution < 1.29 is 9.18 Å². The highest BCUT2D eigenvalue weighted by atomic mass is 35.5. The van der Waals surface area contributed by atoms with Crippen LogP contribution in [0, 0.1) is 11.3 Å². The molecule has 0 fully saturated rings. The van der Waals surface area contributed by atoms with Crippen LogP contribution in [0.2, 0.25) is 5.02 Å². The number of halogens is 2. The number of nitrogens with one attached hydrogen (secondary N) is 2. The van der Waals surface area contributed by atoms with Crippen LogP contribution in [0.5, 0.6) is 0 Å². The molecule has 2 unspecified atom stereocenters. The summed E-state index contributed by atoms with van der Waals surface area (Å²) in [6.45, 7) is 0.107. The fraction of sp³-hybridized carbons (Fsp3) is 0.357. The van der Waals surface area contributed by atoms with Crippen LogP contribution in [0.25, 0.3) is 0 Å². The molecular weight excluding hydrogens is 295 g/mol. The zero-order valence-electron chi connectivity index (χ0n) is 11.3. The second-order valence-electron chi connectivity index (χ2n) is 4.82. The largest absolute Gasteiger partial charge is 0.369 e. The summed E-state index contributed by atoms with van der Waals surface area (Å²) in [5.41, 5.74) is 6.32. The van der Waals surface area contributed by atoms with Gasteiger partial charge in [0.1, 0.15) is 12.6 Å². The van der Waals surface area contributed by atoms with Gasteiger partial charge < -0.3 is 16.5 Å². The van der Waals surface area contributed by atoms with Gasteiger partial charge in [-0.2, -0.15) is 0 Å². The van der Waals surface area contributed by atoms with Gasteiger partial charge in [0.2, 0.25) is 5.91 Å². The van der Waals surface area contributed by atoms with Crippen LogP contribution in [0.4, 0.5) is 4.39 Å². The zero-order valence-corrected chi connectivity index (χ0v) is 12.0. The molecule has 1 aliphatic heterocycles. The van der Waals surface area contributed by atoms with Crippen LogP contribution in [0.3, 0.4) is 0 Å². The molecule has 0 saturated carbocycles. The quantitative estimate of drug-likeness (QED) is 0.713. The number of amides is 1. The number of nitrogens with two attached hydrogens (primary N) is 1. The number of aliphatic imine (C=N–C) groups is 1. The molecule has 1 aromatic rings. The lowest BCUT2D eigenvalue weighted by Gasteiger charge is -2.24. The van der Waals surface area contributed by atoms with E-state index in [1.807, 2.05) is 0 Å². The lowest BCUT2D eigenvalue weighted by atomic mass is 9.90. The van der Waals surface area contributed by atoms with Crippen molar-refractivity contribution in [3.8, 4) is 0 Å². The van der Waals surface area contributed by atoms with Crippen molar-refractivity contribution in [1.82, 2.24) is 5.32 Å². The van der Waals surface area contributed by atoms with E-state index < -0.39 is 24.5 Å². The molecule has 7 heteroatoms. The number of carbonyl (C=O) groups is 1. The third-order valence-electron chi connectivity index (χ3n) is 3.25. The SMILES string of the molecule is N=C(c1cccc(Cl)c1)C(C(N)=O)C1=NC(CF)CNC1. The van der Waals surface area contributed by atoms with Crippen LogP contribution in [-0.4, -0.2) is 43.1 Å². The minimum absolute atomic E-state index is 0.0186. The average Bonchev–Trinajstić information content (AvgIpc) is 2.47. The molecule has 5 nitrogen and oxygen atoms in total. The van der Waals surface area contributed by atoms with Gasteiger partial charge >= 0.3 is 0 Å². The second kappa shape index (κ2) is 6.78. The minimum Gasteiger partial charge on any atom is -0.369 e. The third kappa shape index (κ3) is 3.65. The Morgan fingerprint density at radius 1 is 1.62 bits per heavy atom. The van der Waals surface area contributed by atoms with E-state index in [1.165, 1.54) is 0 Å². The maximum Gasteiger partial charge on any atom is 0.232 e. The molecular formula is C14H16ClFN4O. The van der Waals surface area contributed by atoms with Gasteiger partial charge in [0.15, 0.2) is 0 Å². The fourth-order valence-electron chi connectivity index (χ4n) is 2.25. The summed E-state index contributed by atoms with van der Waals surface area (Å²) in [7, 11) is 0. The first-order chi connectivity index (χ1) is 10.0. The van der Waals surface area contributed by atoms with Crippen LogP contribution in [-0.2, 0) is 4.79 Å². The van der Waals surface area contributed by atoms with E-state index in [0.29, 0.717) is 29.4 Å². The van der Waals surface area contributed by atoms with E-state index in [-0.39, 0.29) is 5.71 Å². The fourth-order valence-corrected chi connectivity index (χ4v) is 2.44. The Morgan fingerprint density at radius 2 is 2.38 bits per heavy atom. The summed E-state index contributed by atoms with van der Waals surface area (Å²) >= 11 is 5.90. The first-order valence-electron chi connectivity index (χ1n) is 6.50. The highest BCUT2D eigenvalue weighted by molar-refractivity contribution is 6.32. The predicted molar refractivity (Wildman–Crippen MR) is 81.0 cm³/mol. The predicted octanol–water partition coefficient (Wildman–Crippen LogP) is 1.19. The Kier molecular flexibility index (Phi) is 5.03. The number of hydrogen-bond acceptors (Lipinski definition) is 4. The Hall–Kier alpha value is -1.79. The Morgan fingerprint density at radius 3 is 3.00 bits per heavy atom. The lowest BCUT2D eigenvalue weighted by Crippen LogP contribution is -2.46. The third-order valence-corrected chi connectivity index (χ3v) is 3.49. The average molecular weight is 311 g/mol.